The molecule has 0 spiro atoms. The van der Waals surface area contributed by atoms with Gasteiger partial charge in [0.25, 0.3) is 17.2 Å². The van der Waals surface area contributed by atoms with E-state index in [1.807, 2.05) is 10.8 Å². The molecule has 10 nitrogen and oxygen atoms in total. The van der Waals surface area contributed by atoms with E-state index in [9.17, 15) is 19.7 Å². The van der Waals surface area contributed by atoms with Gasteiger partial charge in [-0.05, 0) is 11.4 Å². The number of carbonyl (C=O) groups excluding carboxylic acids is 1. The van der Waals surface area contributed by atoms with Crippen molar-refractivity contribution < 1.29 is 14.2 Å². The van der Waals surface area contributed by atoms with Crippen molar-refractivity contribution in [3.63, 3.8) is 0 Å². The smallest absolute Gasteiger partial charge is 0.286 e. The Hall–Kier alpha value is -3.34. The number of nitro groups is 1. The van der Waals surface area contributed by atoms with Crippen LogP contribution in [0.2, 0.25) is 0 Å². The Balaban J connectivity index is 1.99. The topological polar surface area (TPSA) is 147 Å². The second-order valence-corrected chi connectivity index (χ2v) is 5.47. The molecule has 0 aromatic carbocycles. The lowest BCUT2D eigenvalue weighted by atomic mass is 10.2. The zero-order valence-corrected chi connectivity index (χ0v) is 12.7. The van der Waals surface area contributed by atoms with Crippen LogP contribution < -0.4 is 11.3 Å². The largest absolute Gasteiger partial charge is 0.365 e. The van der Waals surface area contributed by atoms with Crippen LogP contribution in [-0.4, -0.2) is 25.5 Å². The van der Waals surface area contributed by atoms with Crippen LogP contribution in [0.3, 0.4) is 0 Å². The first-order valence-electron chi connectivity index (χ1n) is 6.49. The fourth-order valence-corrected chi connectivity index (χ4v) is 2.62. The zero-order valence-electron chi connectivity index (χ0n) is 11.9. The number of rotatable bonds is 5. The molecule has 0 aliphatic carbocycles. The molecule has 3 aromatic heterocycles. The SMILES string of the molecule is NC(=O)c1cc([N+](=O)[O-])cn(Cc2nc(-c3ccsc3)no2)c1=O. The van der Waals surface area contributed by atoms with Gasteiger partial charge in [0.2, 0.25) is 11.7 Å². The third-order valence-corrected chi connectivity index (χ3v) is 3.78. The molecule has 24 heavy (non-hydrogen) atoms. The van der Waals surface area contributed by atoms with Crippen molar-refractivity contribution in [3.05, 3.63) is 61.0 Å². The lowest BCUT2D eigenvalue weighted by molar-refractivity contribution is -0.385. The summed E-state index contributed by atoms with van der Waals surface area (Å²) in [6.45, 7) is -0.224. The number of hydrogen-bond donors (Lipinski definition) is 1. The van der Waals surface area contributed by atoms with Gasteiger partial charge in [0.05, 0.1) is 11.1 Å². The van der Waals surface area contributed by atoms with Gasteiger partial charge in [0, 0.05) is 17.0 Å². The van der Waals surface area contributed by atoms with Crippen LogP contribution in [0.25, 0.3) is 11.4 Å². The lowest BCUT2D eigenvalue weighted by Gasteiger charge is -2.04. The summed E-state index contributed by atoms with van der Waals surface area (Å²) in [6.07, 6.45) is 0.989. The third kappa shape index (κ3) is 2.92. The van der Waals surface area contributed by atoms with E-state index in [-0.39, 0.29) is 12.4 Å². The van der Waals surface area contributed by atoms with E-state index in [1.165, 1.54) is 11.3 Å². The Morgan fingerprint density at radius 3 is 2.92 bits per heavy atom. The molecule has 0 fully saturated rings. The quantitative estimate of drug-likeness (QED) is 0.535. The predicted octanol–water partition coefficient (Wildman–Crippen LogP) is 1.02. The van der Waals surface area contributed by atoms with Crippen LogP contribution in [0.5, 0.6) is 0 Å². The fraction of sp³-hybridized carbons (Fsp3) is 0.0769. The summed E-state index contributed by atoms with van der Waals surface area (Å²) in [4.78, 5) is 37.8. The van der Waals surface area contributed by atoms with Crippen molar-refractivity contribution >= 4 is 22.9 Å². The summed E-state index contributed by atoms with van der Waals surface area (Å²) in [5, 5.41) is 18.4. The van der Waals surface area contributed by atoms with Crippen LogP contribution in [-0.2, 0) is 6.54 Å². The molecule has 0 saturated carbocycles. The average Bonchev–Trinajstić information content (AvgIpc) is 3.19. The van der Waals surface area contributed by atoms with E-state index in [2.05, 4.69) is 10.1 Å². The maximum Gasteiger partial charge on any atom is 0.286 e. The minimum Gasteiger partial charge on any atom is -0.365 e. The minimum atomic E-state index is -1.05. The van der Waals surface area contributed by atoms with Gasteiger partial charge in [-0.25, -0.2) is 0 Å². The fourth-order valence-electron chi connectivity index (χ4n) is 1.99. The van der Waals surface area contributed by atoms with E-state index in [4.69, 9.17) is 10.3 Å². The molecular formula is C13H9N5O5S. The number of carbonyl (C=O) groups is 1. The molecule has 0 radical (unpaired) electrons. The summed E-state index contributed by atoms with van der Waals surface area (Å²) in [5.74, 6) is -0.656. The average molecular weight is 347 g/mol. The van der Waals surface area contributed by atoms with Crippen molar-refractivity contribution in [2.24, 2.45) is 5.73 Å². The molecule has 2 N–H and O–H groups in total. The number of nitrogens with zero attached hydrogens (tertiary/aromatic N) is 4. The highest BCUT2D eigenvalue weighted by molar-refractivity contribution is 7.08. The van der Waals surface area contributed by atoms with Crippen LogP contribution in [0, 0.1) is 10.1 Å². The lowest BCUT2D eigenvalue weighted by Crippen LogP contribution is -2.30. The Morgan fingerprint density at radius 1 is 1.50 bits per heavy atom. The van der Waals surface area contributed by atoms with Gasteiger partial charge in [-0.2, -0.15) is 16.3 Å². The van der Waals surface area contributed by atoms with Gasteiger partial charge >= 0.3 is 0 Å². The van der Waals surface area contributed by atoms with Gasteiger partial charge in [0.1, 0.15) is 12.1 Å². The summed E-state index contributed by atoms with van der Waals surface area (Å²) in [5.41, 5.74) is 4.14. The van der Waals surface area contributed by atoms with Crippen molar-refractivity contribution in [3.8, 4) is 11.4 Å². The number of amides is 1. The van der Waals surface area contributed by atoms with Crippen molar-refractivity contribution in [1.29, 1.82) is 0 Å². The van der Waals surface area contributed by atoms with Crippen LogP contribution in [0.15, 0.2) is 38.4 Å². The Kier molecular flexibility index (Phi) is 3.92. The van der Waals surface area contributed by atoms with Crippen molar-refractivity contribution in [2.75, 3.05) is 0 Å². The van der Waals surface area contributed by atoms with Gasteiger partial charge in [-0.15, -0.1) is 0 Å². The Morgan fingerprint density at radius 2 is 2.29 bits per heavy atom. The number of aromatic nitrogens is 3. The summed E-state index contributed by atoms with van der Waals surface area (Å²) in [7, 11) is 0. The number of nitrogens with two attached hydrogens (primary N) is 1. The summed E-state index contributed by atoms with van der Waals surface area (Å²) < 4.78 is 5.98. The molecule has 0 aliphatic heterocycles. The number of pyridine rings is 1. The summed E-state index contributed by atoms with van der Waals surface area (Å²) >= 11 is 1.46. The normalized spacial score (nSPS) is 10.7. The maximum atomic E-state index is 12.2. The van der Waals surface area contributed by atoms with Crippen LogP contribution in [0.4, 0.5) is 5.69 Å². The highest BCUT2D eigenvalue weighted by Crippen LogP contribution is 2.19. The highest BCUT2D eigenvalue weighted by atomic mass is 32.1. The number of primary amides is 1. The standard InChI is InChI=1S/C13H9N5O5S/c14-11(19)9-3-8(18(21)22)4-17(13(9)20)5-10-15-12(16-23-10)7-1-2-24-6-7/h1-4,6H,5H2,(H2,14,19). The first-order valence-corrected chi connectivity index (χ1v) is 7.44. The highest BCUT2D eigenvalue weighted by Gasteiger charge is 2.19. The van der Waals surface area contributed by atoms with E-state index in [0.717, 1.165) is 22.4 Å². The van der Waals surface area contributed by atoms with Gasteiger partial charge < -0.3 is 10.3 Å². The third-order valence-electron chi connectivity index (χ3n) is 3.10. The Labute approximate surface area is 137 Å². The monoisotopic (exact) mass is 347 g/mol. The molecule has 0 unspecified atom stereocenters. The molecular weight excluding hydrogens is 338 g/mol. The van der Waals surface area contributed by atoms with Gasteiger partial charge in [-0.3, -0.25) is 24.3 Å². The molecule has 0 saturated heterocycles. The van der Waals surface area contributed by atoms with Crippen LogP contribution in [0.1, 0.15) is 16.2 Å². The number of thiophene rings is 1. The molecule has 11 heteroatoms. The molecule has 3 rings (SSSR count). The van der Waals surface area contributed by atoms with E-state index in [1.54, 1.807) is 6.07 Å². The maximum absolute atomic E-state index is 12.2. The van der Waals surface area contributed by atoms with Crippen molar-refractivity contribution in [2.45, 2.75) is 6.54 Å². The molecule has 122 valence electrons. The van der Waals surface area contributed by atoms with E-state index >= 15 is 0 Å². The molecule has 3 heterocycles. The molecule has 1 amide bonds. The van der Waals surface area contributed by atoms with E-state index in [0.29, 0.717) is 5.82 Å². The zero-order chi connectivity index (χ0) is 17.3. The second-order valence-electron chi connectivity index (χ2n) is 4.69. The Bertz CT molecular complexity index is 975. The molecule has 0 atom stereocenters. The molecule has 3 aromatic rings. The second kappa shape index (κ2) is 6.04. The van der Waals surface area contributed by atoms with E-state index < -0.39 is 27.6 Å². The van der Waals surface area contributed by atoms with Gasteiger partial charge in [-0.1, -0.05) is 5.16 Å². The van der Waals surface area contributed by atoms with Gasteiger partial charge in [0.15, 0.2) is 0 Å². The van der Waals surface area contributed by atoms with Crippen LogP contribution >= 0.6 is 11.3 Å². The minimum absolute atomic E-state index is 0.0641. The molecule has 0 bridgehead atoms. The van der Waals surface area contributed by atoms with Crippen molar-refractivity contribution in [1.82, 2.24) is 14.7 Å². The molecule has 0 aliphatic rings. The first-order chi connectivity index (χ1) is 11.5. The predicted molar refractivity (Wildman–Crippen MR) is 82.6 cm³/mol. The number of hydrogen-bond acceptors (Lipinski definition) is 8. The first kappa shape index (κ1) is 15.6. The summed E-state index contributed by atoms with van der Waals surface area (Å²) in [6, 6.07) is 2.63.